The molecule has 2 N–H and O–H groups in total. The molecule has 19 heavy (non-hydrogen) atoms. The average molecular weight is 262 g/mol. The zero-order valence-corrected chi connectivity index (χ0v) is 10.9. The monoisotopic (exact) mass is 262 g/mol. The van der Waals surface area contributed by atoms with Crippen molar-refractivity contribution in [2.45, 2.75) is 19.1 Å². The number of amides is 2. The van der Waals surface area contributed by atoms with Crippen LogP contribution in [0.4, 0.5) is 10.6 Å². The van der Waals surface area contributed by atoms with Crippen molar-refractivity contribution in [2.75, 3.05) is 31.1 Å². The Labute approximate surface area is 112 Å². The Morgan fingerprint density at radius 3 is 3.00 bits per heavy atom. The maximum absolute atomic E-state index is 11.5. The van der Waals surface area contributed by atoms with Crippen LogP contribution in [0, 0.1) is 0 Å². The largest absolute Gasteiger partial charge is 0.389 e. The van der Waals surface area contributed by atoms with Crippen molar-refractivity contribution in [1.82, 2.24) is 15.2 Å². The number of nitrogens with one attached hydrogen (secondary N) is 1. The highest BCUT2D eigenvalue weighted by molar-refractivity contribution is 5.77. The second kappa shape index (κ2) is 4.70. The fourth-order valence-corrected chi connectivity index (χ4v) is 2.64. The summed E-state index contributed by atoms with van der Waals surface area (Å²) in [7, 11) is 0. The lowest BCUT2D eigenvalue weighted by molar-refractivity contribution is 0.196. The number of aromatic nitrogens is 1. The Bertz CT molecular complexity index is 474. The Hall–Kier alpha value is -1.82. The van der Waals surface area contributed by atoms with E-state index in [9.17, 15) is 9.90 Å². The van der Waals surface area contributed by atoms with Crippen LogP contribution >= 0.6 is 0 Å². The quantitative estimate of drug-likeness (QED) is 0.807. The molecular formula is C13H18N4O2. The summed E-state index contributed by atoms with van der Waals surface area (Å²) in [5.41, 5.74) is 0.820. The van der Waals surface area contributed by atoms with Crippen LogP contribution in [0.25, 0.3) is 0 Å². The molecule has 0 spiro atoms. The lowest BCUT2D eigenvalue weighted by atomic mass is 10.1. The van der Waals surface area contributed by atoms with E-state index < -0.39 is 6.10 Å². The predicted molar refractivity (Wildman–Crippen MR) is 71.0 cm³/mol. The fourth-order valence-electron chi connectivity index (χ4n) is 2.64. The minimum atomic E-state index is -0.491. The smallest absolute Gasteiger partial charge is 0.317 e. The first-order chi connectivity index (χ1) is 9.15. The van der Waals surface area contributed by atoms with Crippen LogP contribution in [0.1, 0.15) is 18.6 Å². The van der Waals surface area contributed by atoms with Crippen LogP contribution in [0.3, 0.4) is 0 Å². The van der Waals surface area contributed by atoms with Gasteiger partial charge in [0.05, 0.1) is 12.1 Å². The van der Waals surface area contributed by atoms with Gasteiger partial charge < -0.3 is 20.2 Å². The zero-order chi connectivity index (χ0) is 13.4. The maximum atomic E-state index is 11.5. The fraction of sp³-hybridized carbons (Fsp3) is 0.538. The highest BCUT2D eigenvalue weighted by Gasteiger charge is 2.35. The molecule has 1 unspecified atom stereocenters. The van der Waals surface area contributed by atoms with Gasteiger partial charge in [-0.2, -0.15) is 0 Å². The molecule has 0 bridgehead atoms. The molecule has 0 aliphatic carbocycles. The van der Waals surface area contributed by atoms with E-state index in [0.29, 0.717) is 6.54 Å². The van der Waals surface area contributed by atoms with Crippen LogP contribution in [-0.4, -0.2) is 53.2 Å². The minimum absolute atomic E-state index is 0.0436. The summed E-state index contributed by atoms with van der Waals surface area (Å²) >= 11 is 0. The normalized spacial score (nSPS) is 24.1. The molecule has 2 aliphatic heterocycles. The Morgan fingerprint density at radius 2 is 2.32 bits per heavy atom. The van der Waals surface area contributed by atoms with Crippen molar-refractivity contribution in [1.29, 1.82) is 0 Å². The molecule has 102 valence electrons. The molecule has 2 aliphatic rings. The lowest BCUT2D eigenvalue weighted by Gasteiger charge is -2.37. The molecule has 1 aromatic heterocycles. The molecule has 6 heteroatoms. The van der Waals surface area contributed by atoms with Crippen LogP contribution in [-0.2, 0) is 0 Å². The highest BCUT2D eigenvalue weighted by Crippen LogP contribution is 2.21. The van der Waals surface area contributed by atoms with Crippen LogP contribution in [0.2, 0.25) is 0 Å². The number of carbonyl (C=O) groups is 1. The SMILES string of the molecule is C[C@@H](O)c1ccc(N2CCN3C(=O)NCC3C2)nc1. The third-order valence-electron chi connectivity index (χ3n) is 3.81. The van der Waals surface area contributed by atoms with Gasteiger partial charge in [-0.05, 0) is 18.6 Å². The number of pyridine rings is 1. The number of aliphatic hydroxyl groups is 1. The van der Waals surface area contributed by atoms with Crippen LogP contribution in [0.5, 0.6) is 0 Å². The number of anilines is 1. The zero-order valence-electron chi connectivity index (χ0n) is 10.9. The number of fused-ring (bicyclic) bond motifs is 1. The Balaban J connectivity index is 1.71. The third-order valence-corrected chi connectivity index (χ3v) is 3.81. The highest BCUT2D eigenvalue weighted by atomic mass is 16.3. The van der Waals surface area contributed by atoms with Crippen molar-refractivity contribution < 1.29 is 9.90 Å². The number of hydrogen-bond acceptors (Lipinski definition) is 4. The second-order valence-electron chi connectivity index (χ2n) is 5.10. The summed E-state index contributed by atoms with van der Waals surface area (Å²) < 4.78 is 0. The second-order valence-corrected chi connectivity index (χ2v) is 5.10. The summed E-state index contributed by atoms with van der Waals surface area (Å²) in [6.07, 6.45) is 1.22. The molecule has 2 saturated heterocycles. The van der Waals surface area contributed by atoms with E-state index in [1.54, 1.807) is 13.1 Å². The molecule has 0 saturated carbocycles. The van der Waals surface area contributed by atoms with Gasteiger partial charge in [0.1, 0.15) is 5.82 Å². The standard InChI is InChI=1S/C13H18N4O2/c1-9(18)10-2-3-12(14-6-10)16-4-5-17-11(8-16)7-15-13(17)19/h2-3,6,9,11,18H,4-5,7-8H2,1H3,(H,15,19)/t9-,11?/m1/s1. The molecule has 6 nitrogen and oxygen atoms in total. The summed E-state index contributed by atoms with van der Waals surface area (Å²) in [5.74, 6) is 0.906. The summed E-state index contributed by atoms with van der Waals surface area (Å²) in [6.45, 7) is 4.77. The van der Waals surface area contributed by atoms with Gasteiger partial charge in [0.2, 0.25) is 0 Å². The van der Waals surface area contributed by atoms with E-state index >= 15 is 0 Å². The Kier molecular flexibility index (Phi) is 3.02. The number of carbonyl (C=O) groups excluding carboxylic acids is 1. The first-order valence-corrected chi connectivity index (χ1v) is 6.58. The van der Waals surface area contributed by atoms with E-state index in [1.165, 1.54) is 0 Å². The van der Waals surface area contributed by atoms with Crippen LogP contribution in [0.15, 0.2) is 18.3 Å². The van der Waals surface area contributed by atoms with Gasteiger partial charge in [-0.3, -0.25) is 0 Å². The van der Waals surface area contributed by atoms with Gasteiger partial charge in [-0.1, -0.05) is 6.07 Å². The van der Waals surface area contributed by atoms with Gasteiger partial charge in [0.15, 0.2) is 0 Å². The molecule has 1 aromatic rings. The van der Waals surface area contributed by atoms with Gasteiger partial charge in [0, 0.05) is 32.4 Å². The van der Waals surface area contributed by atoms with Crippen molar-refractivity contribution in [3.63, 3.8) is 0 Å². The van der Waals surface area contributed by atoms with Crippen molar-refractivity contribution in [3.8, 4) is 0 Å². The van der Waals surface area contributed by atoms with Gasteiger partial charge in [0.25, 0.3) is 0 Å². The molecule has 3 rings (SSSR count). The predicted octanol–water partition coefficient (Wildman–Crippen LogP) is 0.349. The third kappa shape index (κ3) is 2.23. The molecule has 2 amide bonds. The number of aliphatic hydroxyl groups excluding tert-OH is 1. The van der Waals surface area contributed by atoms with Crippen molar-refractivity contribution in [2.24, 2.45) is 0 Å². The van der Waals surface area contributed by atoms with E-state index in [2.05, 4.69) is 15.2 Å². The maximum Gasteiger partial charge on any atom is 0.317 e. The van der Waals surface area contributed by atoms with Crippen LogP contribution < -0.4 is 10.2 Å². The van der Waals surface area contributed by atoms with E-state index in [-0.39, 0.29) is 12.1 Å². The molecule has 0 radical (unpaired) electrons. The molecule has 2 fully saturated rings. The molecule has 3 heterocycles. The lowest BCUT2D eigenvalue weighted by Crippen LogP contribution is -2.52. The van der Waals surface area contributed by atoms with Gasteiger partial charge in [-0.15, -0.1) is 0 Å². The van der Waals surface area contributed by atoms with Gasteiger partial charge in [-0.25, -0.2) is 9.78 Å². The number of hydrogen-bond donors (Lipinski definition) is 2. The summed E-state index contributed by atoms with van der Waals surface area (Å²) in [6, 6.07) is 4.11. The van der Waals surface area contributed by atoms with E-state index in [1.807, 2.05) is 17.0 Å². The van der Waals surface area contributed by atoms with E-state index in [4.69, 9.17) is 0 Å². The summed E-state index contributed by atoms with van der Waals surface area (Å²) in [4.78, 5) is 20.0. The average Bonchev–Trinajstić information content (AvgIpc) is 2.80. The topological polar surface area (TPSA) is 68.7 Å². The van der Waals surface area contributed by atoms with Crippen molar-refractivity contribution >= 4 is 11.8 Å². The summed E-state index contributed by atoms with van der Waals surface area (Å²) in [5, 5.41) is 12.3. The molecule has 0 aromatic carbocycles. The minimum Gasteiger partial charge on any atom is -0.389 e. The van der Waals surface area contributed by atoms with Gasteiger partial charge >= 0.3 is 6.03 Å². The number of rotatable bonds is 2. The van der Waals surface area contributed by atoms with E-state index in [0.717, 1.165) is 31.0 Å². The first kappa shape index (κ1) is 12.2. The number of piperazine rings is 1. The number of urea groups is 1. The number of nitrogens with zero attached hydrogens (tertiary/aromatic N) is 3. The molecule has 2 atom stereocenters. The molecular weight excluding hydrogens is 244 g/mol. The Morgan fingerprint density at radius 1 is 1.47 bits per heavy atom. The first-order valence-electron chi connectivity index (χ1n) is 6.58. The van der Waals surface area contributed by atoms with Crippen molar-refractivity contribution in [3.05, 3.63) is 23.9 Å².